The molecule has 29 heavy (non-hydrogen) atoms. The van der Waals surface area contributed by atoms with Crippen LogP contribution in [0.5, 0.6) is 0 Å². The number of nitrogens with one attached hydrogen (secondary N) is 1. The Balaban J connectivity index is 1.97. The van der Waals surface area contributed by atoms with Crippen molar-refractivity contribution in [1.29, 1.82) is 0 Å². The zero-order chi connectivity index (χ0) is 21.6. The fraction of sp³-hybridized carbons (Fsp3) is 0.316. The van der Waals surface area contributed by atoms with Crippen molar-refractivity contribution in [3.63, 3.8) is 0 Å². The van der Waals surface area contributed by atoms with E-state index in [1.54, 1.807) is 0 Å². The minimum absolute atomic E-state index is 0.0197. The quantitative estimate of drug-likeness (QED) is 0.684. The van der Waals surface area contributed by atoms with Gasteiger partial charge < -0.3 is 5.32 Å². The van der Waals surface area contributed by atoms with Crippen LogP contribution >= 0.6 is 23.2 Å². The highest BCUT2D eigenvalue weighted by atomic mass is 35.5. The van der Waals surface area contributed by atoms with Gasteiger partial charge in [0.2, 0.25) is 10.0 Å². The molecular weight excluding hydrogens is 445 g/mol. The van der Waals surface area contributed by atoms with Gasteiger partial charge in [-0.25, -0.2) is 17.2 Å². The molecule has 0 spiro atoms. The van der Waals surface area contributed by atoms with E-state index < -0.39 is 32.4 Å². The van der Waals surface area contributed by atoms with E-state index in [0.29, 0.717) is 6.42 Å². The predicted molar refractivity (Wildman–Crippen MR) is 111 cm³/mol. The van der Waals surface area contributed by atoms with Gasteiger partial charge in [-0.1, -0.05) is 23.2 Å². The van der Waals surface area contributed by atoms with Crippen molar-refractivity contribution in [1.82, 2.24) is 0 Å². The van der Waals surface area contributed by atoms with Crippen LogP contribution in [-0.4, -0.2) is 26.6 Å². The van der Waals surface area contributed by atoms with Gasteiger partial charge in [0.25, 0.3) is 5.91 Å². The number of alkyl halides is 1. The minimum Gasteiger partial charge on any atom is -0.322 e. The first kappa shape index (κ1) is 21.8. The lowest BCUT2D eigenvalue weighted by atomic mass is 9.99. The topological polar surface area (TPSA) is 66.5 Å². The lowest BCUT2D eigenvalue weighted by molar-refractivity contribution is 0.102. The van der Waals surface area contributed by atoms with Crippen molar-refractivity contribution in [2.75, 3.05) is 21.9 Å². The molecule has 1 amide bonds. The maximum Gasteiger partial charge on any atom is 0.257 e. The monoisotopic (exact) mass is 462 g/mol. The Kier molecular flexibility index (Phi) is 5.82. The Morgan fingerprint density at radius 2 is 1.86 bits per heavy atom. The summed E-state index contributed by atoms with van der Waals surface area (Å²) in [6.45, 7) is 2.88. The molecule has 156 valence electrons. The zero-order valence-corrected chi connectivity index (χ0v) is 17.9. The maximum atomic E-state index is 14.3. The van der Waals surface area contributed by atoms with Crippen LogP contribution in [0.1, 0.15) is 36.2 Å². The van der Waals surface area contributed by atoms with Crippen molar-refractivity contribution in [2.45, 2.75) is 25.9 Å². The summed E-state index contributed by atoms with van der Waals surface area (Å²) < 4.78 is 53.9. The summed E-state index contributed by atoms with van der Waals surface area (Å²) in [5.41, 5.74) is -1.48. The normalized spacial score (nSPS) is 16.1. The molecule has 1 N–H and O–H groups in total. The molecule has 10 heteroatoms. The van der Waals surface area contributed by atoms with Gasteiger partial charge in [-0.15, -0.1) is 0 Å². The predicted octanol–water partition coefficient (Wildman–Crippen LogP) is 5.13. The van der Waals surface area contributed by atoms with Gasteiger partial charge in [0.05, 0.1) is 22.0 Å². The number of carbonyl (C=O) groups excluding carboxylic acids is 1. The Labute approximate surface area is 177 Å². The molecular formula is C19H18Cl2F2N2O3S. The first-order valence-corrected chi connectivity index (χ1v) is 11.1. The third-order valence-electron chi connectivity index (χ3n) is 4.49. The molecule has 1 aliphatic rings. The van der Waals surface area contributed by atoms with Crippen molar-refractivity contribution < 1.29 is 22.0 Å². The molecule has 5 nitrogen and oxygen atoms in total. The number of anilines is 2. The lowest BCUT2D eigenvalue weighted by Gasteiger charge is -2.19. The van der Waals surface area contributed by atoms with Gasteiger partial charge in [-0.3, -0.25) is 9.10 Å². The van der Waals surface area contributed by atoms with Crippen molar-refractivity contribution >= 4 is 50.5 Å². The number of halogens is 4. The van der Waals surface area contributed by atoms with Gasteiger partial charge >= 0.3 is 0 Å². The Hall–Kier alpha value is -1.90. The first-order chi connectivity index (χ1) is 13.4. The highest BCUT2D eigenvalue weighted by Gasteiger charge is 2.30. The number of benzene rings is 2. The van der Waals surface area contributed by atoms with E-state index in [9.17, 15) is 22.0 Å². The molecule has 3 rings (SSSR count). The van der Waals surface area contributed by atoms with E-state index in [4.69, 9.17) is 23.2 Å². The molecule has 0 unspecified atom stereocenters. The number of hydrogen-bond donors (Lipinski definition) is 1. The highest BCUT2D eigenvalue weighted by molar-refractivity contribution is 7.93. The van der Waals surface area contributed by atoms with Crippen LogP contribution in [0.4, 0.5) is 20.2 Å². The summed E-state index contributed by atoms with van der Waals surface area (Å²) >= 11 is 12.0. The number of rotatable bonds is 4. The molecule has 1 fully saturated rings. The molecule has 0 aromatic heterocycles. The summed E-state index contributed by atoms with van der Waals surface area (Å²) in [7, 11) is -3.57. The van der Waals surface area contributed by atoms with Gasteiger partial charge in [0.1, 0.15) is 11.5 Å². The molecule has 1 heterocycles. The Morgan fingerprint density at radius 1 is 1.17 bits per heavy atom. The molecule has 0 atom stereocenters. The molecule has 2 aromatic carbocycles. The average Bonchev–Trinajstić information content (AvgIpc) is 2.95. The summed E-state index contributed by atoms with van der Waals surface area (Å²) in [6.07, 6.45) is 0.401. The molecule has 2 aromatic rings. The standard InChI is InChI=1S/C19H18Cl2F2N2O3S/c1-19(2,23)11-6-12(20)8-13(7-11)24-18(26)15-9-14(10-16(22)17(15)21)25-4-3-5-29(25,27)28/h6-10H,3-5H2,1-2H3,(H,24,26). The fourth-order valence-electron chi connectivity index (χ4n) is 3.02. The zero-order valence-electron chi connectivity index (χ0n) is 15.6. The molecule has 0 radical (unpaired) electrons. The van der Waals surface area contributed by atoms with Crippen molar-refractivity contribution in [3.8, 4) is 0 Å². The van der Waals surface area contributed by atoms with E-state index in [1.807, 2.05) is 0 Å². The third kappa shape index (κ3) is 4.65. The molecule has 1 aliphatic heterocycles. The van der Waals surface area contributed by atoms with E-state index in [2.05, 4.69) is 5.32 Å². The first-order valence-electron chi connectivity index (χ1n) is 8.69. The molecule has 0 bridgehead atoms. The maximum absolute atomic E-state index is 14.3. The van der Waals surface area contributed by atoms with Crippen LogP contribution in [0.15, 0.2) is 30.3 Å². The van der Waals surface area contributed by atoms with Crippen LogP contribution in [0.25, 0.3) is 0 Å². The van der Waals surface area contributed by atoms with Crippen LogP contribution < -0.4 is 9.62 Å². The Bertz CT molecular complexity index is 1090. The highest BCUT2D eigenvalue weighted by Crippen LogP contribution is 2.33. The van der Waals surface area contributed by atoms with Gasteiger partial charge in [0, 0.05) is 17.3 Å². The minimum atomic E-state index is -3.57. The van der Waals surface area contributed by atoms with Crippen molar-refractivity contribution in [3.05, 3.63) is 57.3 Å². The van der Waals surface area contributed by atoms with E-state index in [1.165, 1.54) is 38.1 Å². The van der Waals surface area contributed by atoms with Gasteiger partial charge in [-0.05, 0) is 56.2 Å². The molecule has 1 saturated heterocycles. The van der Waals surface area contributed by atoms with Crippen molar-refractivity contribution in [2.24, 2.45) is 0 Å². The second-order valence-corrected chi connectivity index (χ2v) is 10.0. The summed E-state index contributed by atoms with van der Waals surface area (Å²) in [5.74, 6) is -1.76. The van der Waals surface area contributed by atoms with E-state index in [-0.39, 0.29) is 39.8 Å². The second kappa shape index (κ2) is 7.74. The number of amides is 1. The van der Waals surface area contributed by atoms with Crippen LogP contribution in [-0.2, 0) is 15.7 Å². The van der Waals surface area contributed by atoms with Gasteiger partial charge in [0.15, 0.2) is 0 Å². The van der Waals surface area contributed by atoms with E-state index >= 15 is 0 Å². The summed E-state index contributed by atoms with van der Waals surface area (Å²) in [4.78, 5) is 12.7. The average molecular weight is 463 g/mol. The number of hydrogen-bond acceptors (Lipinski definition) is 3. The smallest absolute Gasteiger partial charge is 0.257 e. The van der Waals surface area contributed by atoms with Crippen LogP contribution in [0.3, 0.4) is 0 Å². The third-order valence-corrected chi connectivity index (χ3v) is 6.96. The number of carbonyl (C=O) groups is 1. The molecule has 0 saturated carbocycles. The largest absolute Gasteiger partial charge is 0.322 e. The fourth-order valence-corrected chi connectivity index (χ4v) is 5.00. The SMILES string of the molecule is CC(C)(F)c1cc(Cl)cc(NC(=O)c2cc(N3CCCS3(=O)=O)cc(F)c2Cl)c1. The number of sulfonamides is 1. The van der Waals surface area contributed by atoms with Crippen LogP contribution in [0, 0.1) is 5.82 Å². The number of nitrogens with zero attached hydrogens (tertiary/aromatic N) is 1. The second-order valence-electron chi connectivity index (χ2n) is 7.19. The summed E-state index contributed by atoms with van der Waals surface area (Å²) in [5, 5.41) is 2.27. The molecule has 0 aliphatic carbocycles. The van der Waals surface area contributed by atoms with E-state index in [0.717, 1.165) is 10.4 Å². The Morgan fingerprint density at radius 3 is 2.45 bits per heavy atom. The summed E-state index contributed by atoms with van der Waals surface area (Å²) in [6, 6.07) is 6.44. The van der Waals surface area contributed by atoms with Crippen LogP contribution in [0.2, 0.25) is 10.0 Å². The van der Waals surface area contributed by atoms with Gasteiger partial charge in [-0.2, -0.15) is 0 Å². The lowest BCUT2D eigenvalue weighted by Crippen LogP contribution is -2.26.